The Hall–Kier alpha value is -2.73. The zero-order valence-corrected chi connectivity index (χ0v) is 18.8. The van der Waals surface area contributed by atoms with E-state index in [2.05, 4.69) is 4.98 Å². The lowest BCUT2D eigenvalue weighted by Crippen LogP contribution is -2.40. The first-order chi connectivity index (χ1) is 15.3. The summed E-state index contributed by atoms with van der Waals surface area (Å²) in [5, 5.41) is 11.0. The van der Waals surface area contributed by atoms with Crippen LogP contribution >= 0.6 is 11.6 Å². The molecule has 1 aliphatic rings. The minimum Gasteiger partial charge on any atom is -0.484 e. The summed E-state index contributed by atoms with van der Waals surface area (Å²) in [7, 11) is -3.64. The van der Waals surface area contributed by atoms with E-state index in [-0.39, 0.29) is 22.2 Å². The molecule has 1 aromatic heterocycles. The summed E-state index contributed by atoms with van der Waals surface area (Å²) in [5.74, 6) is 0.875. The van der Waals surface area contributed by atoms with Crippen molar-refractivity contribution in [3.63, 3.8) is 0 Å². The van der Waals surface area contributed by atoms with Gasteiger partial charge in [-0.1, -0.05) is 11.6 Å². The first kappa shape index (κ1) is 22.5. The van der Waals surface area contributed by atoms with Crippen LogP contribution in [-0.4, -0.2) is 53.5 Å². The van der Waals surface area contributed by atoms with Gasteiger partial charge in [-0.25, -0.2) is 13.4 Å². The second-order valence-electron chi connectivity index (χ2n) is 7.10. The summed E-state index contributed by atoms with van der Waals surface area (Å²) in [5.41, 5.74) is 1.19. The Kier molecular flexibility index (Phi) is 6.33. The number of nitrogens with zero attached hydrogens (tertiary/aromatic N) is 4. The van der Waals surface area contributed by atoms with Gasteiger partial charge < -0.3 is 14.0 Å². The van der Waals surface area contributed by atoms with Gasteiger partial charge in [-0.3, -0.25) is 10.1 Å². The quantitative estimate of drug-likeness (QED) is 0.376. The summed E-state index contributed by atoms with van der Waals surface area (Å²) in [4.78, 5) is 15.1. The number of rotatable bonds is 7. The highest BCUT2D eigenvalue weighted by Gasteiger charge is 2.27. The summed E-state index contributed by atoms with van der Waals surface area (Å²) in [6.07, 6.45) is 0. The van der Waals surface area contributed by atoms with Crippen LogP contribution in [0.1, 0.15) is 12.7 Å². The van der Waals surface area contributed by atoms with Gasteiger partial charge in [0.25, 0.3) is 5.69 Å². The molecule has 10 nitrogen and oxygen atoms in total. The number of non-ortho nitro benzene ring substituents is 1. The van der Waals surface area contributed by atoms with Gasteiger partial charge in [0, 0.05) is 31.8 Å². The van der Waals surface area contributed by atoms with Crippen LogP contribution in [0, 0.1) is 10.1 Å². The summed E-state index contributed by atoms with van der Waals surface area (Å²) in [6.45, 7) is 3.99. The molecule has 0 N–H and O–H groups in total. The lowest BCUT2D eigenvalue weighted by Gasteiger charge is -2.26. The maximum atomic E-state index is 13.0. The summed E-state index contributed by atoms with van der Waals surface area (Å²) >= 11 is 6.10. The van der Waals surface area contributed by atoms with E-state index in [0.29, 0.717) is 49.9 Å². The number of aromatic nitrogens is 2. The molecule has 1 fully saturated rings. The van der Waals surface area contributed by atoms with Crippen LogP contribution in [-0.2, 0) is 27.9 Å². The molecule has 0 spiro atoms. The fraction of sp³-hybridized carbons (Fsp3) is 0.350. The number of fused-ring (bicyclic) bond motifs is 1. The highest BCUT2D eigenvalue weighted by molar-refractivity contribution is 7.89. The number of nitro benzene ring substituents is 1. The van der Waals surface area contributed by atoms with Crippen LogP contribution in [0.5, 0.6) is 5.75 Å². The SMILES string of the molecule is CCn1c(COc2ccc([N+](=O)[O-])cc2Cl)nc2cc(S(=O)(=O)N3CCOCC3)ccc21. The van der Waals surface area contributed by atoms with Crippen molar-refractivity contribution in [1.82, 2.24) is 13.9 Å². The van der Waals surface area contributed by atoms with E-state index >= 15 is 0 Å². The zero-order chi connectivity index (χ0) is 22.9. The minimum atomic E-state index is -3.64. The van der Waals surface area contributed by atoms with Crippen LogP contribution in [0.2, 0.25) is 5.02 Å². The Labute approximate surface area is 189 Å². The second kappa shape index (κ2) is 9.02. The molecular formula is C20H21ClN4O6S. The van der Waals surface area contributed by atoms with Crippen molar-refractivity contribution < 1.29 is 22.8 Å². The maximum absolute atomic E-state index is 13.0. The molecule has 0 amide bonds. The van der Waals surface area contributed by atoms with Gasteiger partial charge in [-0.05, 0) is 31.2 Å². The van der Waals surface area contributed by atoms with Crippen molar-refractivity contribution in [2.45, 2.75) is 25.0 Å². The van der Waals surface area contributed by atoms with Gasteiger partial charge in [0.1, 0.15) is 18.2 Å². The number of nitro groups is 1. The van der Waals surface area contributed by atoms with Gasteiger partial charge >= 0.3 is 0 Å². The third kappa shape index (κ3) is 4.29. The van der Waals surface area contributed by atoms with Crippen molar-refractivity contribution in [1.29, 1.82) is 0 Å². The van der Waals surface area contributed by atoms with Gasteiger partial charge in [-0.2, -0.15) is 4.31 Å². The Balaban J connectivity index is 1.61. The number of hydrogen-bond acceptors (Lipinski definition) is 7. The van der Waals surface area contributed by atoms with Gasteiger partial charge in [-0.15, -0.1) is 0 Å². The molecular weight excluding hydrogens is 460 g/mol. The Morgan fingerprint density at radius 3 is 2.62 bits per heavy atom. The van der Waals surface area contributed by atoms with Gasteiger partial charge in [0.15, 0.2) is 0 Å². The molecule has 3 aromatic rings. The standard InChI is InChI=1S/C20H21ClN4O6S/c1-2-24-18-5-4-15(32(28,29)23-7-9-30-10-8-23)12-17(18)22-20(24)13-31-19-6-3-14(25(26)27)11-16(19)21/h3-6,11-12H,2,7-10,13H2,1H3. The second-order valence-corrected chi connectivity index (χ2v) is 9.44. The molecule has 170 valence electrons. The predicted molar refractivity (Wildman–Crippen MR) is 117 cm³/mol. The van der Waals surface area contributed by atoms with E-state index < -0.39 is 14.9 Å². The third-order valence-corrected chi connectivity index (χ3v) is 7.40. The lowest BCUT2D eigenvalue weighted by atomic mass is 10.3. The topological polar surface area (TPSA) is 117 Å². The highest BCUT2D eigenvalue weighted by atomic mass is 35.5. The number of sulfonamides is 1. The van der Waals surface area contributed by atoms with E-state index in [1.54, 1.807) is 18.2 Å². The predicted octanol–water partition coefficient (Wildman–Crippen LogP) is 3.22. The molecule has 4 rings (SSSR count). The number of benzene rings is 2. The molecule has 0 saturated carbocycles. The fourth-order valence-corrected chi connectivity index (χ4v) is 5.24. The van der Waals surface area contributed by atoms with E-state index in [9.17, 15) is 18.5 Å². The zero-order valence-electron chi connectivity index (χ0n) is 17.2. The van der Waals surface area contributed by atoms with E-state index in [4.69, 9.17) is 21.1 Å². The molecule has 0 bridgehead atoms. The fourth-order valence-electron chi connectivity index (χ4n) is 3.58. The molecule has 1 aliphatic heterocycles. The highest BCUT2D eigenvalue weighted by Crippen LogP contribution is 2.30. The van der Waals surface area contributed by atoms with Crippen LogP contribution in [0.4, 0.5) is 5.69 Å². The summed E-state index contributed by atoms with van der Waals surface area (Å²) < 4.78 is 40.2. The number of halogens is 1. The van der Waals surface area contributed by atoms with Crippen molar-refractivity contribution in [3.8, 4) is 5.75 Å². The van der Waals surface area contributed by atoms with E-state index in [1.807, 2.05) is 11.5 Å². The van der Waals surface area contributed by atoms with Crippen molar-refractivity contribution >= 4 is 38.3 Å². The molecule has 0 aliphatic carbocycles. The molecule has 0 atom stereocenters. The van der Waals surface area contributed by atoms with Gasteiger partial charge in [0.05, 0.1) is 39.1 Å². The largest absolute Gasteiger partial charge is 0.484 e. The number of aryl methyl sites for hydroxylation is 1. The van der Waals surface area contributed by atoms with Crippen molar-refractivity contribution in [2.75, 3.05) is 26.3 Å². The lowest BCUT2D eigenvalue weighted by molar-refractivity contribution is -0.384. The average molecular weight is 481 g/mol. The Morgan fingerprint density at radius 1 is 1.22 bits per heavy atom. The third-order valence-electron chi connectivity index (χ3n) is 5.21. The number of hydrogen-bond donors (Lipinski definition) is 0. The van der Waals surface area contributed by atoms with E-state index in [0.717, 1.165) is 5.52 Å². The smallest absolute Gasteiger partial charge is 0.271 e. The van der Waals surface area contributed by atoms with Crippen LogP contribution in [0.25, 0.3) is 11.0 Å². The van der Waals surface area contributed by atoms with Crippen molar-refractivity contribution in [3.05, 3.63) is 57.4 Å². The molecule has 12 heteroatoms. The number of morpholine rings is 1. The first-order valence-corrected chi connectivity index (χ1v) is 11.8. The average Bonchev–Trinajstić information content (AvgIpc) is 3.15. The van der Waals surface area contributed by atoms with Crippen LogP contribution in [0.15, 0.2) is 41.3 Å². The van der Waals surface area contributed by atoms with Crippen molar-refractivity contribution in [2.24, 2.45) is 0 Å². The molecule has 0 radical (unpaired) electrons. The van der Waals surface area contributed by atoms with E-state index in [1.165, 1.54) is 22.5 Å². The van der Waals surface area contributed by atoms with Crippen LogP contribution < -0.4 is 4.74 Å². The minimum absolute atomic E-state index is 0.0611. The number of imidazole rings is 1. The maximum Gasteiger partial charge on any atom is 0.271 e. The molecule has 2 aromatic carbocycles. The Morgan fingerprint density at radius 2 is 1.97 bits per heavy atom. The van der Waals surface area contributed by atoms with Gasteiger partial charge in [0.2, 0.25) is 10.0 Å². The number of ether oxygens (including phenoxy) is 2. The molecule has 32 heavy (non-hydrogen) atoms. The Bertz CT molecular complexity index is 1270. The first-order valence-electron chi connectivity index (χ1n) is 9.95. The normalized spacial score (nSPS) is 15.2. The molecule has 2 heterocycles. The molecule has 1 saturated heterocycles. The van der Waals surface area contributed by atoms with Crippen LogP contribution in [0.3, 0.4) is 0 Å². The summed E-state index contributed by atoms with van der Waals surface area (Å²) in [6, 6.07) is 8.86. The monoisotopic (exact) mass is 480 g/mol. The molecule has 0 unspecified atom stereocenters.